The third-order valence-electron chi connectivity index (χ3n) is 5.44. The fraction of sp³-hybridized carbons (Fsp3) is 0.391. The van der Waals surface area contributed by atoms with E-state index in [0.717, 1.165) is 35.0 Å². The van der Waals surface area contributed by atoms with Crippen LogP contribution in [0.4, 0.5) is 24.7 Å². The van der Waals surface area contributed by atoms with E-state index in [1.54, 1.807) is 13.8 Å². The van der Waals surface area contributed by atoms with E-state index in [1.807, 2.05) is 19.1 Å². The van der Waals surface area contributed by atoms with Gasteiger partial charge in [0.05, 0.1) is 30.3 Å². The Morgan fingerprint density at radius 3 is 2.62 bits per heavy atom. The molecule has 1 aliphatic heterocycles. The van der Waals surface area contributed by atoms with E-state index in [9.17, 15) is 13.2 Å². The van der Waals surface area contributed by atoms with E-state index in [1.165, 1.54) is 6.07 Å². The summed E-state index contributed by atoms with van der Waals surface area (Å²) < 4.78 is 51.2. The standard InChI is InChI=1S/C23H25F3N4O2/c1-12-6-20-19(10-21(12)32-18-4-5-31-11-18)22(30-14(3)29-20)28-13(2)15-7-16(23(24,25)26)9-17(27)8-15/h6-10,13,18H,4-5,11,27H2,1-3H3,(H,28,29,30)/t13-,18-/m0/s1. The molecule has 1 aromatic heterocycles. The normalized spacial score (nSPS) is 17.5. The maximum Gasteiger partial charge on any atom is 0.416 e. The van der Waals surface area contributed by atoms with Gasteiger partial charge in [0.1, 0.15) is 23.5 Å². The van der Waals surface area contributed by atoms with E-state index in [4.69, 9.17) is 15.2 Å². The molecular weight excluding hydrogens is 421 g/mol. The van der Waals surface area contributed by atoms with Gasteiger partial charge >= 0.3 is 6.18 Å². The summed E-state index contributed by atoms with van der Waals surface area (Å²) in [7, 11) is 0. The minimum atomic E-state index is -4.48. The Labute approximate surface area is 184 Å². The van der Waals surface area contributed by atoms with Crippen LogP contribution in [0.1, 0.15) is 41.9 Å². The van der Waals surface area contributed by atoms with Crippen LogP contribution >= 0.6 is 0 Å². The molecule has 0 saturated carbocycles. The summed E-state index contributed by atoms with van der Waals surface area (Å²) >= 11 is 0. The molecule has 2 aromatic carbocycles. The molecule has 170 valence electrons. The third-order valence-corrected chi connectivity index (χ3v) is 5.44. The first-order valence-electron chi connectivity index (χ1n) is 10.4. The molecule has 2 heterocycles. The summed E-state index contributed by atoms with van der Waals surface area (Å²) in [4.78, 5) is 9.02. The number of hydrogen-bond donors (Lipinski definition) is 2. The van der Waals surface area contributed by atoms with E-state index < -0.39 is 17.8 Å². The molecule has 0 radical (unpaired) electrons. The Morgan fingerprint density at radius 1 is 1.16 bits per heavy atom. The monoisotopic (exact) mass is 446 g/mol. The lowest BCUT2D eigenvalue weighted by molar-refractivity contribution is -0.137. The number of nitrogen functional groups attached to an aromatic ring is 1. The Morgan fingerprint density at radius 2 is 1.94 bits per heavy atom. The zero-order valence-corrected chi connectivity index (χ0v) is 18.1. The average molecular weight is 446 g/mol. The highest BCUT2D eigenvalue weighted by molar-refractivity contribution is 5.91. The maximum atomic E-state index is 13.2. The Kier molecular flexibility index (Phi) is 5.85. The van der Waals surface area contributed by atoms with Crippen LogP contribution in [0.15, 0.2) is 30.3 Å². The summed E-state index contributed by atoms with van der Waals surface area (Å²) in [6.07, 6.45) is -3.67. The predicted molar refractivity (Wildman–Crippen MR) is 117 cm³/mol. The molecule has 0 aliphatic carbocycles. The number of aryl methyl sites for hydroxylation is 2. The molecule has 32 heavy (non-hydrogen) atoms. The van der Waals surface area contributed by atoms with Crippen molar-refractivity contribution in [3.63, 3.8) is 0 Å². The first-order chi connectivity index (χ1) is 15.1. The highest BCUT2D eigenvalue weighted by Crippen LogP contribution is 2.35. The fourth-order valence-electron chi connectivity index (χ4n) is 3.78. The molecule has 1 aliphatic rings. The Hall–Kier alpha value is -3.07. The lowest BCUT2D eigenvalue weighted by atomic mass is 10.0. The van der Waals surface area contributed by atoms with Crippen LogP contribution in [0.3, 0.4) is 0 Å². The van der Waals surface area contributed by atoms with Crippen molar-refractivity contribution in [1.82, 2.24) is 9.97 Å². The van der Waals surface area contributed by atoms with Crippen LogP contribution in [-0.2, 0) is 10.9 Å². The van der Waals surface area contributed by atoms with E-state index >= 15 is 0 Å². The van der Waals surface area contributed by atoms with Crippen molar-refractivity contribution < 1.29 is 22.6 Å². The number of alkyl halides is 3. The number of fused-ring (bicyclic) bond motifs is 1. The van der Waals surface area contributed by atoms with Crippen molar-refractivity contribution in [2.75, 3.05) is 24.3 Å². The van der Waals surface area contributed by atoms with Gasteiger partial charge in [0.25, 0.3) is 0 Å². The second kappa shape index (κ2) is 8.46. The predicted octanol–water partition coefficient (Wildman–Crippen LogP) is 5.19. The number of nitrogens with zero attached hydrogens (tertiary/aromatic N) is 2. The van der Waals surface area contributed by atoms with Crippen LogP contribution in [-0.4, -0.2) is 29.3 Å². The Bertz CT molecular complexity index is 1140. The minimum Gasteiger partial charge on any atom is -0.488 e. The maximum absolute atomic E-state index is 13.2. The molecule has 9 heteroatoms. The van der Waals surface area contributed by atoms with Gasteiger partial charge in [-0.1, -0.05) is 0 Å². The minimum absolute atomic E-state index is 0.0130. The lowest BCUT2D eigenvalue weighted by Crippen LogP contribution is -2.16. The first kappa shape index (κ1) is 22.1. The third kappa shape index (κ3) is 4.72. The van der Waals surface area contributed by atoms with Gasteiger partial charge in [-0.15, -0.1) is 0 Å². The van der Waals surface area contributed by atoms with E-state index in [2.05, 4.69) is 15.3 Å². The average Bonchev–Trinajstić information content (AvgIpc) is 3.21. The zero-order valence-electron chi connectivity index (χ0n) is 18.1. The van der Waals surface area contributed by atoms with Crippen LogP contribution < -0.4 is 15.8 Å². The fourth-order valence-corrected chi connectivity index (χ4v) is 3.78. The van der Waals surface area contributed by atoms with Gasteiger partial charge in [0, 0.05) is 17.5 Å². The smallest absolute Gasteiger partial charge is 0.416 e. The molecule has 1 saturated heterocycles. The van der Waals surface area contributed by atoms with Crippen LogP contribution in [0, 0.1) is 13.8 Å². The number of halogens is 3. The molecule has 2 atom stereocenters. The second-order valence-corrected chi connectivity index (χ2v) is 8.11. The molecular formula is C23H25F3N4O2. The molecule has 0 amide bonds. The summed E-state index contributed by atoms with van der Waals surface area (Å²) in [5.41, 5.74) is 7.08. The molecule has 0 bridgehead atoms. The highest BCUT2D eigenvalue weighted by Gasteiger charge is 2.31. The Balaban J connectivity index is 1.69. The largest absolute Gasteiger partial charge is 0.488 e. The van der Waals surface area contributed by atoms with Crippen LogP contribution in [0.25, 0.3) is 10.9 Å². The number of ether oxygens (including phenoxy) is 2. The van der Waals surface area contributed by atoms with Gasteiger partial charge in [-0.3, -0.25) is 0 Å². The summed E-state index contributed by atoms with van der Waals surface area (Å²) in [5, 5.41) is 3.96. The second-order valence-electron chi connectivity index (χ2n) is 8.11. The highest BCUT2D eigenvalue weighted by atomic mass is 19.4. The van der Waals surface area contributed by atoms with Crippen LogP contribution in [0.5, 0.6) is 5.75 Å². The number of nitrogens with two attached hydrogens (primary N) is 1. The van der Waals surface area contributed by atoms with Crippen LogP contribution in [0.2, 0.25) is 0 Å². The zero-order chi connectivity index (χ0) is 23.0. The SMILES string of the molecule is Cc1nc(N[C@@H](C)c2cc(N)cc(C(F)(F)F)c2)c2cc(O[C@H]3CCOC3)c(C)cc2n1. The van der Waals surface area contributed by atoms with E-state index in [-0.39, 0.29) is 11.8 Å². The van der Waals surface area contributed by atoms with E-state index in [0.29, 0.717) is 36.2 Å². The van der Waals surface area contributed by atoms with Gasteiger partial charge < -0.3 is 20.5 Å². The van der Waals surface area contributed by atoms with Gasteiger partial charge in [-0.2, -0.15) is 13.2 Å². The van der Waals surface area contributed by atoms with Crippen molar-refractivity contribution in [1.29, 1.82) is 0 Å². The van der Waals surface area contributed by atoms with Crippen molar-refractivity contribution in [2.24, 2.45) is 0 Å². The summed E-state index contributed by atoms with van der Waals surface area (Å²) in [6.45, 7) is 6.70. The van der Waals surface area contributed by atoms with Gasteiger partial charge in [0.15, 0.2) is 0 Å². The van der Waals surface area contributed by atoms with Crippen molar-refractivity contribution in [3.05, 3.63) is 52.8 Å². The molecule has 0 spiro atoms. The molecule has 4 rings (SSSR count). The van der Waals surface area contributed by atoms with Crippen molar-refractivity contribution >= 4 is 22.4 Å². The quantitative estimate of drug-likeness (QED) is 0.525. The number of nitrogens with one attached hydrogen (secondary N) is 1. The number of rotatable bonds is 5. The number of hydrogen-bond acceptors (Lipinski definition) is 6. The van der Waals surface area contributed by atoms with Gasteiger partial charge in [-0.05, 0) is 62.2 Å². The molecule has 6 nitrogen and oxygen atoms in total. The first-order valence-corrected chi connectivity index (χ1v) is 10.4. The summed E-state index contributed by atoms with van der Waals surface area (Å²) in [6, 6.07) is 6.88. The van der Waals surface area contributed by atoms with Gasteiger partial charge in [0.2, 0.25) is 0 Å². The number of benzene rings is 2. The molecule has 3 N–H and O–H groups in total. The molecule has 0 unspecified atom stereocenters. The number of anilines is 2. The lowest BCUT2D eigenvalue weighted by Gasteiger charge is -2.20. The van der Waals surface area contributed by atoms with Crippen molar-refractivity contribution in [2.45, 2.75) is 45.5 Å². The topological polar surface area (TPSA) is 82.3 Å². The molecule has 3 aromatic rings. The van der Waals surface area contributed by atoms with Gasteiger partial charge in [-0.25, -0.2) is 9.97 Å². The summed E-state index contributed by atoms with van der Waals surface area (Å²) in [5.74, 6) is 1.77. The molecule has 1 fully saturated rings. The number of aromatic nitrogens is 2. The van der Waals surface area contributed by atoms with Crippen molar-refractivity contribution in [3.8, 4) is 5.75 Å².